The van der Waals surface area contributed by atoms with Crippen molar-refractivity contribution in [3.63, 3.8) is 0 Å². The average molecular weight is 212 g/mol. The van der Waals surface area contributed by atoms with Crippen LogP contribution in [0.25, 0.3) is 0 Å². The molecule has 15 heavy (non-hydrogen) atoms. The number of hydrogen-bond donors (Lipinski definition) is 0. The predicted octanol–water partition coefficient (Wildman–Crippen LogP) is 4.41. The Morgan fingerprint density at radius 1 is 1.13 bits per heavy atom. The highest BCUT2D eigenvalue weighted by Crippen LogP contribution is 2.33. The van der Waals surface area contributed by atoms with Gasteiger partial charge < -0.3 is 4.74 Å². The van der Waals surface area contributed by atoms with Crippen molar-refractivity contribution in [1.29, 1.82) is 0 Å². The highest BCUT2D eigenvalue weighted by molar-refractivity contribution is 4.79. The molecule has 0 heterocycles. The van der Waals surface area contributed by atoms with Crippen LogP contribution in [0.2, 0.25) is 0 Å². The first kappa shape index (κ1) is 13.0. The van der Waals surface area contributed by atoms with Crippen molar-refractivity contribution >= 4 is 0 Å². The smallest absolute Gasteiger partial charge is 0.0627 e. The first-order valence-electron chi connectivity index (χ1n) is 6.86. The predicted molar refractivity (Wildman–Crippen MR) is 66.1 cm³/mol. The van der Waals surface area contributed by atoms with Gasteiger partial charge in [0, 0.05) is 7.11 Å². The van der Waals surface area contributed by atoms with Gasteiger partial charge in [0.1, 0.15) is 0 Å². The average Bonchev–Trinajstić information content (AvgIpc) is 2.30. The standard InChI is InChI=1S/C14H28O/c1-4-9-12(5-2)14(15-3)13-10-7-6-8-11-13/h12-14H,4-11H2,1-3H3. The van der Waals surface area contributed by atoms with Gasteiger partial charge in [-0.2, -0.15) is 0 Å². The summed E-state index contributed by atoms with van der Waals surface area (Å²) >= 11 is 0. The van der Waals surface area contributed by atoms with Gasteiger partial charge >= 0.3 is 0 Å². The Bertz CT molecular complexity index is 145. The van der Waals surface area contributed by atoms with E-state index in [1.165, 1.54) is 51.4 Å². The molecule has 0 radical (unpaired) electrons. The van der Waals surface area contributed by atoms with E-state index in [-0.39, 0.29) is 0 Å². The number of hydrogen-bond acceptors (Lipinski definition) is 1. The van der Waals surface area contributed by atoms with Gasteiger partial charge in [0.05, 0.1) is 6.10 Å². The summed E-state index contributed by atoms with van der Waals surface area (Å²) in [6.45, 7) is 4.60. The molecule has 0 bridgehead atoms. The zero-order chi connectivity index (χ0) is 11.1. The second-order valence-corrected chi connectivity index (χ2v) is 5.06. The lowest BCUT2D eigenvalue weighted by atomic mass is 9.78. The molecule has 1 aliphatic carbocycles. The van der Waals surface area contributed by atoms with E-state index in [2.05, 4.69) is 13.8 Å². The molecule has 0 aromatic rings. The monoisotopic (exact) mass is 212 g/mol. The van der Waals surface area contributed by atoms with Gasteiger partial charge in [-0.1, -0.05) is 46.0 Å². The van der Waals surface area contributed by atoms with Crippen LogP contribution in [0.5, 0.6) is 0 Å². The molecular formula is C14H28O. The molecule has 1 heteroatoms. The van der Waals surface area contributed by atoms with Crippen LogP contribution in [-0.4, -0.2) is 13.2 Å². The molecule has 0 N–H and O–H groups in total. The van der Waals surface area contributed by atoms with E-state index in [1.54, 1.807) is 0 Å². The van der Waals surface area contributed by atoms with Gasteiger partial charge in [0.2, 0.25) is 0 Å². The van der Waals surface area contributed by atoms with Crippen molar-refractivity contribution in [3.8, 4) is 0 Å². The molecule has 1 rings (SSSR count). The molecule has 1 saturated carbocycles. The Morgan fingerprint density at radius 2 is 1.80 bits per heavy atom. The van der Waals surface area contributed by atoms with Gasteiger partial charge in [0.25, 0.3) is 0 Å². The van der Waals surface area contributed by atoms with Crippen LogP contribution < -0.4 is 0 Å². The third kappa shape index (κ3) is 3.79. The van der Waals surface area contributed by atoms with Crippen molar-refractivity contribution in [2.24, 2.45) is 11.8 Å². The van der Waals surface area contributed by atoms with Crippen molar-refractivity contribution in [1.82, 2.24) is 0 Å². The summed E-state index contributed by atoms with van der Waals surface area (Å²) in [6, 6.07) is 0. The van der Waals surface area contributed by atoms with E-state index in [4.69, 9.17) is 4.74 Å². The minimum atomic E-state index is 0.537. The first-order chi connectivity index (χ1) is 7.33. The molecular weight excluding hydrogens is 184 g/mol. The van der Waals surface area contributed by atoms with Crippen molar-refractivity contribution in [2.45, 2.75) is 71.3 Å². The van der Waals surface area contributed by atoms with Crippen LogP contribution in [0.15, 0.2) is 0 Å². The number of methoxy groups -OCH3 is 1. The van der Waals surface area contributed by atoms with Crippen LogP contribution >= 0.6 is 0 Å². The summed E-state index contributed by atoms with van der Waals surface area (Å²) < 4.78 is 5.80. The minimum Gasteiger partial charge on any atom is -0.381 e. The van der Waals surface area contributed by atoms with Crippen LogP contribution in [0, 0.1) is 11.8 Å². The maximum atomic E-state index is 5.80. The van der Waals surface area contributed by atoms with E-state index < -0.39 is 0 Å². The maximum Gasteiger partial charge on any atom is 0.0627 e. The molecule has 2 atom stereocenters. The summed E-state index contributed by atoms with van der Waals surface area (Å²) in [4.78, 5) is 0. The molecule has 2 unspecified atom stereocenters. The van der Waals surface area contributed by atoms with Gasteiger partial charge in [-0.3, -0.25) is 0 Å². The van der Waals surface area contributed by atoms with E-state index in [1.807, 2.05) is 7.11 Å². The molecule has 0 aliphatic heterocycles. The van der Waals surface area contributed by atoms with Crippen molar-refractivity contribution in [2.75, 3.05) is 7.11 Å². The zero-order valence-electron chi connectivity index (χ0n) is 10.8. The van der Waals surface area contributed by atoms with Crippen LogP contribution in [0.1, 0.15) is 65.2 Å². The summed E-state index contributed by atoms with van der Waals surface area (Å²) in [7, 11) is 1.91. The SMILES string of the molecule is CCCC(CC)C(OC)C1CCCCC1. The summed E-state index contributed by atoms with van der Waals surface area (Å²) in [5.41, 5.74) is 0. The van der Waals surface area contributed by atoms with Crippen LogP contribution in [0.4, 0.5) is 0 Å². The molecule has 1 nitrogen and oxygen atoms in total. The molecule has 1 fully saturated rings. The summed E-state index contributed by atoms with van der Waals surface area (Å²) in [5, 5.41) is 0. The number of ether oxygens (including phenoxy) is 1. The fourth-order valence-corrected chi connectivity index (χ4v) is 3.20. The van der Waals surface area contributed by atoms with E-state index in [0.717, 1.165) is 11.8 Å². The topological polar surface area (TPSA) is 9.23 Å². The zero-order valence-corrected chi connectivity index (χ0v) is 10.8. The second kappa shape index (κ2) is 7.27. The molecule has 0 aromatic carbocycles. The fourth-order valence-electron chi connectivity index (χ4n) is 3.20. The summed E-state index contributed by atoms with van der Waals surface area (Å²) in [6.07, 6.45) is 11.5. The molecule has 0 aromatic heterocycles. The lowest BCUT2D eigenvalue weighted by Crippen LogP contribution is -2.32. The minimum absolute atomic E-state index is 0.537. The van der Waals surface area contributed by atoms with Gasteiger partial charge in [-0.05, 0) is 31.1 Å². The van der Waals surface area contributed by atoms with E-state index in [9.17, 15) is 0 Å². The highest BCUT2D eigenvalue weighted by atomic mass is 16.5. The molecule has 0 spiro atoms. The van der Waals surface area contributed by atoms with E-state index in [0.29, 0.717) is 6.10 Å². The quantitative estimate of drug-likeness (QED) is 0.634. The molecule has 1 aliphatic rings. The second-order valence-electron chi connectivity index (χ2n) is 5.06. The Kier molecular flexibility index (Phi) is 6.31. The number of rotatable bonds is 6. The largest absolute Gasteiger partial charge is 0.381 e. The molecule has 0 saturated heterocycles. The first-order valence-corrected chi connectivity index (χ1v) is 6.86. The molecule has 0 amide bonds. The Hall–Kier alpha value is -0.0400. The Morgan fingerprint density at radius 3 is 2.27 bits per heavy atom. The Labute approximate surface area is 95.6 Å². The maximum absolute atomic E-state index is 5.80. The lowest BCUT2D eigenvalue weighted by molar-refractivity contribution is -0.0110. The van der Waals surface area contributed by atoms with Crippen LogP contribution in [-0.2, 0) is 4.74 Å². The normalized spacial score (nSPS) is 22.6. The highest BCUT2D eigenvalue weighted by Gasteiger charge is 2.28. The van der Waals surface area contributed by atoms with Gasteiger partial charge in [0.15, 0.2) is 0 Å². The fraction of sp³-hybridized carbons (Fsp3) is 1.00. The summed E-state index contributed by atoms with van der Waals surface area (Å²) in [5.74, 6) is 1.64. The lowest BCUT2D eigenvalue weighted by Gasteiger charge is -2.34. The van der Waals surface area contributed by atoms with Gasteiger partial charge in [-0.25, -0.2) is 0 Å². The molecule has 90 valence electrons. The Balaban J connectivity index is 2.50. The van der Waals surface area contributed by atoms with Crippen molar-refractivity contribution < 1.29 is 4.74 Å². The van der Waals surface area contributed by atoms with Crippen LogP contribution in [0.3, 0.4) is 0 Å². The van der Waals surface area contributed by atoms with Crippen molar-refractivity contribution in [3.05, 3.63) is 0 Å². The van der Waals surface area contributed by atoms with E-state index >= 15 is 0 Å². The third-order valence-electron chi connectivity index (χ3n) is 4.04. The third-order valence-corrected chi connectivity index (χ3v) is 4.04. The van der Waals surface area contributed by atoms with Gasteiger partial charge in [-0.15, -0.1) is 0 Å².